The number of azo groups is 2. The third-order valence-corrected chi connectivity index (χ3v) is 7.72. The summed E-state index contributed by atoms with van der Waals surface area (Å²) >= 11 is 0. The molecule has 0 heterocycles. The Labute approximate surface area is 320 Å². The first-order chi connectivity index (χ1) is 27.0. The lowest BCUT2D eigenvalue weighted by molar-refractivity contribution is -0.385. The Bertz CT molecular complexity index is 2120. The fraction of sp³-hybridized carbons (Fsp3) is 0.0526. The van der Waals surface area contributed by atoms with Crippen LogP contribution in [0.25, 0.3) is 0 Å². The van der Waals surface area contributed by atoms with Gasteiger partial charge in [-0.05, 0) is 71.8 Å². The highest BCUT2D eigenvalue weighted by molar-refractivity contribution is 6.61. The van der Waals surface area contributed by atoms with Crippen LogP contribution in [0.3, 0.4) is 0 Å². The van der Waals surface area contributed by atoms with Crippen LogP contribution in [0.5, 0.6) is 11.5 Å². The maximum Gasteiger partial charge on any atom is 0.490 e. The van der Waals surface area contributed by atoms with Crippen LogP contribution in [0.2, 0.25) is 0 Å². The quantitative estimate of drug-likeness (QED) is 0.0406. The molecule has 0 spiro atoms. The zero-order chi connectivity index (χ0) is 39.9. The van der Waals surface area contributed by atoms with Gasteiger partial charge in [0, 0.05) is 35.2 Å². The van der Waals surface area contributed by atoms with Crippen LogP contribution in [-0.2, 0) is 13.2 Å². The number of nitro benzene ring substituents is 2. The minimum Gasteiger partial charge on any atom is -0.489 e. The van der Waals surface area contributed by atoms with Gasteiger partial charge in [-0.3, -0.25) is 20.2 Å². The van der Waals surface area contributed by atoms with E-state index in [0.717, 1.165) is 11.1 Å². The third-order valence-electron chi connectivity index (χ3n) is 7.72. The van der Waals surface area contributed by atoms with Crippen LogP contribution in [0.1, 0.15) is 11.1 Å². The Hall–Kier alpha value is -7.11. The lowest BCUT2D eigenvalue weighted by Gasteiger charge is -2.10. The van der Waals surface area contributed by atoms with Gasteiger partial charge in [0.15, 0.2) is 0 Å². The lowest BCUT2D eigenvalue weighted by atomic mass is 9.79. The average molecular weight is 754 g/mol. The predicted octanol–water partition coefficient (Wildman–Crippen LogP) is 6.54. The van der Waals surface area contributed by atoms with Crippen LogP contribution in [-0.4, -0.2) is 44.2 Å². The standard InChI is InChI=1S/2C19H16BN3O5/c2*24-20(25)18-12-17(28-13-14-4-2-1-3-5-14)10-11-19(18)22-21-15-6-8-16(9-7-15)23(26)27/h2*1-12,24-25H,13H2. The van der Waals surface area contributed by atoms with Gasteiger partial charge >= 0.3 is 14.2 Å². The maximum absolute atomic E-state index is 10.7. The largest absolute Gasteiger partial charge is 0.490 e. The summed E-state index contributed by atoms with van der Waals surface area (Å²) in [5, 5.41) is 75.9. The minimum absolute atomic E-state index is 0.0506. The van der Waals surface area contributed by atoms with E-state index in [-0.39, 0.29) is 33.7 Å². The fourth-order valence-electron chi connectivity index (χ4n) is 4.83. The van der Waals surface area contributed by atoms with Gasteiger partial charge in [0.1, 0.15) is 24.7 Å². The summed E-state index contributed by atoms with van der Waals surface area (Å²) in [7, 11) is -3.52. The van der Waals surface area contributed by atoms with E-state index in [2.05, 4.69) is 20.5 Å². The molecule has 0 radical (unpaired) electrons. The van der Waals surface area contributed by atoms with Crippen LogP contribution in [0, 0.1) is 20.2 Å². The summed E-state index contributed by atoms with van der Waals surface area (Å²) in [6.07, 6.45) is 0. The summed E-state index contributed by atoms with van der Waals surface area (Å²) < 4.78 is 11.4. The Morgan fingerprint density at radius 2 is 0.839 bits per heavy atom. The zero-order valence-electron chi connectivity index (χ0n) is 29.3. The summed E-state index contributed by atoms with van der Waals surface area (Å²) in [6.45, 7) is 0.678. The molecule has 0 aromatic heterocycles. The molecule has 4 N–H and O–H groups in total. The molecule has 56 heavy (non-hydrogen) atoms. The summed E-state index contributed by atoms with van der Waals surface area (Å²) in [5.74, 6) is 0.919. The molecule has 0 amide bonds. The average Bonchev–Trinajstić information content (AvgIpc) is 3.22. The van der Waals surface area contributed by atoms with Crippen molar-refractivity contribution in [3.63, 3.8) is 0 Å². The molecule has 16 nitrogen and oxygen atoms in total. The molecule has 18 heteroatoms. The van der Waals surface area contributed by atoms with Crippen molar-refractivity contribution in [2.75, 3.05) is 0 Å². The van der Waals surface area contributed by atoms with Crippen molar-refractivity contribution >= 4 is 59.3 Å². The van der Waals surface area contributed by atoms with Crippen LogP contribution >= 0.6 is 0 Å². The van der Waals surface area contributed by atoms with E-state index in [4.69, 9.17) is 9.47 Å². The second-order valence-electron chi connectivity index (χ2n) is 11.7. The normalized spacial score (nSPS) is 10.8. The van der Waals surface area contributed by atoms with Crippen LogP contribution < -0.4 is 20.4 Å². The molecular formula is C38H32B2N6O10. The molecule has 0 saturated heterocycles. The van der Waals surface area contributed by atoms with Gasteiger partial charge in [-0.25, -0.2) is 0 Å². The summed E-state index contributed by atoms with van der Waals surface area (Å²) in [6, 6.07) is 39.6. The molecule has 0 bridgehead atoms. The molecule has 280 valence electrons. The highest BCUT2D eigenvalue weighted by atomic mass is 16.6. The second-order valence-corrected chi connectivity index (χ2v) is 11.7. The smallest absolute Gasteiger partial charge is 0.489 e. The number of nitro groups is 2. The SMILES string of the molecule is O=[N+]([O-])c1ccc(N=Nc2ccc(OCc3ccccc3)cc2B(O)O)cc1.O=[N+]([O-])c1ccc(N=Nc2ccc(OCc3ccccc3)cc2B(O)O)cc1. The number of hydrogen-bond acceptors (Lipinski definition) is 14. The zero-order valence-corrected chi connectivity index (χ0v) is 29.3. The van der Waals surface area contributed by atoms with E-state index in [0.29, 0.717) is 36.1 Å². The second kappa shape index (κ2) is 19.8. The highest BCUT2D eigenvalue weighted by Gasteiger charge is 2.19. The number of hydrogen-bond donors (Lipinski definition) is 4. The molecule has 0 saturated carbocycles. The summed E-state index contributed by atoms with van der Waals surface area (Å²) in [4.78, 5) is 20.3. The van der Waals surface area contributed by atoms with Crippen molar-refractivity contribution in [1.82, 2.24) is 0 Å². The van der Waals surface area contributed by atoms with E-state index in [1.807, 2.05) is 60.7 Å². The van der Waals surface area contributed by atoms with Gasteiger partial charge in [-0.1, -0.05) is 60.7 Å². The van der Waals surface area contributed by atoms with E-state index in [9.17, 15) is 40.3 Å². The Balaban J connectivity index is 0.000000214. The number of ether oxygens (including phenoxy) is 2. The molecule has 0 fully saturated rings. The van der Waals surface area contributed by atoms with E-state index in [1.165, 1.54) is 60.7 Å². The van der Waals surface area contributed by atoms with Crippen molar-refractivity contribution in [3.8, 4) is 11.5 Å². The molecule has 0 aliphatic heterocycles. The number of benzene rings is 6. The predicted molar refractivity (Wildman–Crippen MR) is 209 cm³/mol. The van der Waals surface area contributed by atoms with Crippen LogP contribution in [0.4, 0.5) is 34.1 Å². The number of rotatable bonds is 14. The minimum atomic E-state index is -1.76. The molecule has 6 aromatic carbocycles. The molecule has 0 aliphatic rings. The number of non-ortho nitro benzene ring substituents is 2. The molecular weight excluding hydrogens is 722 g/mol. The van der Waals surface area contributed by atoms with Crippen LogP contribution in [0.15, 0.2) is 166 Å². The van der Waals surface area contributed by atoms with Crippen molar-refractivity contribution < 1.29 is 39.4 Å². The first-order valence-corrected chi connectivity index (χ1v) is 16.7. The van der Waals surface area contributed by atoms with Crippen molar-refractivity contribution in [2.24, 2.45) is 20.5 Å². The van der Waals surface area contributed by atoms with Gasteiger partial charge in [0.05, 0.1) is 32.6 Å². The molecule has 6 aromatic rings. The Kier molecular flexibility index (Phi) is 14.2. The molecule has 6 rings (SSSR count). The Morgan fingerprint density at radius 3 is 1.16 bits per heavy atom. The number of nitrogens with zero attached hydrogens (tertiary/aromatic N) is 6. The fourth-order valence-corrected chi connectivity index (χ4v) is 4.83. The van der Waals surface area contributed by atoms with Gasteiger partial charge in [0.2, 0.25) is 0 Å². The summed E-state index contributed by atoms with van der Waals surface area (Å²) in [5.41, 5.74) is 3.43. The van der Waals surface area contributed by atoms with Gasteiger partial charge in [-0.15, -0.1) is 0 Å². The van der Waals surface area contributed by atoms with Gasteiger partial charge < -0.3 is 29.6 Å². The maximum atomic E-state index is 10.7. The first-order valence-electron chi connectivity index (χ1n) is 16.7. The first kappa shape index (κ1) is 40.1. The van der Waals surface area contributed by atoms with Crippen molar-refractivity contribution in [3.05, 3.63) is 177 Å². The van der Waals surface area contributed by atoms with Gasteiger partial charge in [-0.2, -0.15) is 20.5 Å². The van der Waals surface area contributed by atoms with E-state index in [1.54, 1.807) is 24.3 Å². The van der Waals surface area contributed by atoms with Crippen molar-refractivity contribution in [2.45, 2.75) is 13.2 Å². The Morgan fingerprint density at radius 1 is 0.482 bits per heavy atom. The third kappa shape index (κ3) is 12.0. The topological polar surface area (TPSA) is 235 Å². The molecule has 0 unspecified atom stereocenters. The monoisotopic (exact) mass is 754 g/mol. The van der Waals surface area contributed by atoms with E-state index < -0.39 is 24.1 Å². The van der Waals surface area contributed by atoms with E-state index >= 15 is 0 Å². The lowest BCUT2D eigenvalue weighted by Crippen LogP contribution is -2.30. The molecule has 0 atom stereocenters. The van der Waals surface area contributed by atoms with Gasteiger partial charge in [0.25, 0.3) is 11.4 Å². The van der Waals surface area contributed by atoms with Crippen molar-refractivity contribution in [1.29, 1.82) is 0 Å². The highest BCUT2D eigenvalue weighted by Crippen LogP contribution is 2.24. The molecule has 0 aliphatic carbocycles.